The summed E-state index contributed by atoms with van der Waals surface area (Å²) >= 11 is 1.61. The summed E-state index contributed by atoms with van der Waals surface area (Å²) in [5, 5.41) is 17.4. The van der Waals surface area contributed by atoms with Crippen molar-refractivity contribution in [2.75, 3.05) is 5.32 Å². The molecule has 3 aromatic rings. The summed E-state index contributed by atoms with van der Waals surface area (Å²) in [6.07, 6.45) is 0.964. The zero-order valence-corrected chi connectivity index (χ0v) is 15.3. The van der Waals surface area contributed by atoms with Crippen LogP contribution in [0.15, 0.2) is 28.8 Å². The monoisotopic (exact) mass is 359 g/mol. The fraction of sp³-hybridized carbons (Fsp3) is 0.412. The van der Waals surface area contributed by atoms with Crippen LogP contribution in [-0.4, -0.2) is 20.3 Å². The van der Waals surface area contributed by atoms with Crippen LogP contribution in [-0.2, 0) is 19.6 Å². The van der Waals surface area contributed by atoms with E-state index < -0.39 is 0 Å². The van der Waals surface area contributed by atoms with E-state index in [0.717, 1.165) is 27.9 Å². The number of rotatable bonds is 8. The molecule has 0 atom stereocenters. The Morgan fingerprint density at radius 2 is 2.00 bits per heavy atom. The van der Waals surface area contributed by atoms with Crippen molar-refractivity contribution < 1.29 is 9.26 Å². The minimum Gasteiger partial charge on any atom is -0.485 e. The van der Waals surface area contributed by atoms with Gasteiger partial charge in [0.2, 0.25) is 16.8 Å². The molecule has 25 heavy (non-hydrogen) atoms. The van der Waals surface area contributed by atoms with E-state index in [9.17, 15) is 0 Å². The number of hydrogen-bond acceptors (Lipinski definition) is 8. The van der Waals surface area contributed by atoms with Crippen molar-refractivity contribution in [3.63, 3.8) is 0 Å². The Balaban J connectivity index is 1.48. The molecule has 2 heterocycles. The maximum absolute atomic E-state index is 5.64. The molecule has 0 amide bonds. The molecular formula is C17H21N5O2S. The summed E-state index contributed by atoms with van der Waals surface area (Å²) in [5.41, 5.74) is 1.14. The van der Waals surface area contributed by atoms with Gasteiger partial charge in [0.1, 0.15) is 10.8 Å². The Hall–Kier alpha value is -2.48. The van der Waals surface area contributed by atoms with Crippen molar-refractivity contribution >= 4 is 16.5 Å². The Morgan fingerprint density at radius 1 is 1.20 bits per heavy atom. The summed E-state index contributed by atoms with van der Waals surface area (Å²) < 4.78 is 10.5. The molecule has 1 N–H and O–H groups in total. The van der Waals surface area contributed by atoms with E-state index in [0.29, 0.717) is 30.8 Å². The fourth-order valence-electron chi connectivity index (χ4n) is 2.19. The van der Waals surface area contributed by atoms with Gasteiger partial charge in [0, 0.05) is 19.9 Å². The topological polar surface area (TPSA) is 86.0 Å². The number of aromatic nitrogens is 4. The van der Waals surface area contributed by atoms with E-state index in [4.69, 9.17) is 9.26 Å². The first-order valence-electron chi connectivity index (χ1n) is 8.15. The van der Waals surface area contributed by atoms with Crippen LogP contribution in [0.1, 0.15) is 36.1 Å². The molecule has 0 bridgehead atoms. The number of hydrogen-bond donors (Lipinski definition) is 1. The van der Waals surface area contributed by atoms with Crippen molar-refractivity contribution in [2.45, 2.75) is 40.3 Å². The van der Waals surface area contributed by atoms with E-state index in [1.54, 1.807) is 18.3 Å². The largest absolute Gasteiger partial charge is 0.485 e. The standard InChI is InChI=1S/C17H21N5O2S/c1-11(2)8-16-20-21-17(25-16)18-9-13-4-6-14(7-5-13)23-10-15-19-12(3)24-22-15/h4-7,11H,8-10H2,1-3H3,(H,18,21). The Kier molecular flexibility index (Phi) is 5.60. The SMILES string of the molecule is Cc1nc(COc2ccc(CNc3nnc(CC(C)C)s3)cc2)no1. The predicted octanol–water partition coefficient (Wildman–Crippen LogP) is 3.62. The van der Waals surface area contributed by atoms with Crippen LogP contribution in [0.3, 0.4) is 0 Å². The van der Waals surface area contributed by atoms with E-state index in [-0.39, 0.29) is 0 Å². The highest BCUT2D eigenvalue weighted by Gasteiger charge is 2.06. The third kappa shape index (κ3) is 5.25. The number of aryl methyl sites for hydroxylation is 1. The molecule has 0 saturated carbocycles. The second kappa shape index (κ2) is 8.06. The predicted molar refractivity (Wildman–Crippen MR) is 95.6 cm³/mol. The van der Waals surface area contributed by atoms with Gasteiger partial charge in [0.15, 0.2) is 6.61 Å². The third-order valence-electron chi connectivity index (χ3n) is 3.35. The van der Waals surface area contributed by atoms with Gasteiger partial charge in [-0.3, -0.25) is 0 Å². The highest BCUT2D eigenvalue weighted by molar-refractivity contribution is 7.15. The summed E-state index contributed by atoms with van der Waals surface area (Å²) in [5.74, 6) is 2.43. The van der Waals surface area contributed by atoms with Gasteiger partial charge in [0.05, 0.1) is 0 Å². The molecular weight excluding hydrogens is 338 g/mol. The first-order valence-corrected chi connectivity index (χ1v) is 8.97. The van der Waals surface area contributed by atoms with Gasteiger partial charge in [0.25, 0.3) is 0 Å². The number of benzene rings is 1. The van der Waals surface area contributed by atoms with Crippen molar-refractivity contribution in [3.8, 4) is 5.75 Å². The molecule has 0 aliphatic rings. The lowest BCUT2D eigenvalue weighted by Gasteiger charge is -2.06. The summed E-state index contributed by atoms with van der Waals surface area (Å²) in [4.78, 5) is 4.10. The quantitative estimate of drug-likeness (QED) is 0.657. The van der Waals surface area contributed by atoms with Gasteiger partial charge in [-0.2, -0.15) is 4.98 Å². The smallest absolute Gasteiger partial charge is 0.223 e. The molecule has 0 aliphatic carbocycles. The van der Waals surface area contributed by atoms with Crippen LogP contribution in [0.5, 0.6) is 5.75 Å². The molecule has 0 radical (unpaired) electrons. The molecule has 0 unspecified atom stereocenters. The first-order chi connectivity index (χ1) is 12.1. The molecule has 7 nitrogen and oxygen atoms in total. The van der Waals surface area contributed by atoms with Crippen LogP contribution in [0.2, 0.25) is 0 Å². The minimum absolute atomic E-state index is 0.290. The lowest BCUT2D eigenvalue weighted by Crippen LogP contribution is -2.00. The third-order valence-corrected chi connectivity index (χ3v) is 4.26. The van der Waals surface area contributed by atoms with Crippen molar-refractivity contribution in [2.24, 2.45) is 5.92 Å². The molecule has 8 heteroatoms. The highest BCUT2D eigenvalue weighted by Crippen LogP contribution is 2.20. The summed E-state index contributed by atoms with van der Waals surface area (Å²) in [7, 11) is 0. The number of anilines is 1. The molecule has 0 aliphatic heterocycles. The maximum atomic E-state index is 5.64. The van der Waals surface area contributed by atoms with Crippen LogP contribution in [0, 0.1) is 12.8 Å². The molecule has 0 saturated heterocycles. The van der Waals surface area contributed by atoms with Crippen LogP contribution < -0.4 is 10.1 Å². The lowest BCUT2D eigenvalue weighted by molar-refractivity contribution is 0.285. The van der Waals surface area contributed by atoms with E-state index in [1.807, 2.05) is 24.3 Å². The normalized spacial score (nSPS) is 11.0. The summed E-state index contributed by atoms with van der Waals surface area (Å²) in [6.45, 7) is 7.09. The van der Waals surface area contributed by atoms with Crippen molar-refractivity contribution in [1.29, 1.82) is 0 Å². The zero-order chi connectivity index (χ0) is 17.6. The summed E-state index contributed by atoms with van der Waals surface area (Å²) in [6, 6.07) is 7.88. The Morgan fingerprint density at radius 3 is 2.68 bits per heavy atom. The van der Waals surface area contributed by atoms with Gasteiger partial charge < -0.3 is 14.6 Å². The average molecular weight is 359 g/mol. The van der Waals surface area contributed by atoms with Gasteiger partial charge in [-0.05, 0) is 23.6 Å². The van der Waals surface area contributed by atoms with Gasteiger partial charge in [-0.15, -0.1) is 10.2 Å². The zero-order valence-electron chi connectivity index (χ0n) is 14.5. The second-order valence-electron chi connectivity index (χ2n) is 6.11. The van der Waals surface area contributed by atoms with E-state index in [2.05, 4.69) is 39.5 Å². The number of nitrogens with one attached hydrogen (secondary N) is 1. The van der Waals surface area contributed by atoms with E-state index >= 15 is 0 Å². The van der Waals surface area contributed by atoms with Gasteiger partial charge in [-0.25, -0.2) is 0 Å². The van der Waals surface area contributed by atoms with E-state index in [1.165, 1.54) is 0 Å². The molecule has 0 spiro atoms. The second-order valence-corrected chi connectivity index (χ2v) is 7.18. The first kappa shape index (κ1) is 17.3. The van der Waals surface area contributed by atoms with Gasteiger partial charge >= 0.3 is 0 Å². The van der Waals surface area contributed by atoms with Crippen LogP contribution in [0.25, 0.3) is 0 Å². The number of nitrogens with zero attached hydrogens (tertiary/aromatic N) is 4. The molecule has 0 fully saturated rings. The van der Waals surface area contributed by atoms with Crippen LogP contribution in [0.4, 0.5) is 5.13 Å². The van der Waals surface area contributed by atoms with Gasteiger partial charge in [-0.1, -0.05) is 42.5 Å². The molecule has 2 aromatic heterocycles. The molecule has 1 aromatic carbocycles. The Labute approximate surface area is 150 Å². The lowest BCUT2D eigenvalue weighted by atomic mass is 10.1. The molecule has 3 rings (SSSR count). The van der Waals surface area contributed by atoms with Crippen molar-refractivity contribution in [1.82, 2.24) is 20.3 Å². The van der Waals surface area contributed by atoms with Crippen molar-refractivity contribution in [3.05, 3.63) is 46.6 Å². The fourth-order valence-corrected chi connectivity index (χ4v) is 3.13. The Bertz CT molecular complexity index is 797. The number of ether oxygens (including phenoxy) is 1. The maximum Gasteiger partial charge on any atom is 0.223 e. The highest BCUT2D eigenvalue weighted by atomic mass is 32.1. The average Bonchev–Trinajstić information content (AvgIpc) is 3.20. The molecule has 132 valence electrons. The minimum atomic E-state index is 0.290. The van der Waals surface area contributed by atoms with Crippen LogP contribution >= 0.6 is 11.3 Å².